The van der Waals surface area contributed by atoms with Gasteiger partial charge in [0.2, 0.25) is 0 Å². The van der Waals surface area contributed by atoms with Gasteiger partial charge in [-0.1, -0.05) is 46.4 Å². The summed E-state index contributed by atoms with van der Waals surface area (Å²) >= 11 is 0. The Bertz CT molecular complexity index is 419. The topological polar surface area (TPSA) is 40.5 Å². The number of unbranched alkanes of at least 4 members (excludes halogenated alkanes) is 2. The fourth-order valence-electron chi connectivity index (χ4n) is 2.00. The average Bonchev–Trinajstić information content (AvgIpc) is 2.25. The number of hydrogen-bond acceptors (Lipinski definition) is 2. The molecule has 0 aliphatic heterocycles. The molecule has 0 amide bonds. The van der Waals surface area contributed by atoms with Crippen molar-refractivity contribution in [2.75, 3.05) is 0 Å². The molecular formula is C15H24O2. The van der Waals surface area contributed by atoms with E-state index in [-0.39, 0.29) is 23.3 Å². The molecule has 0 saturated heterocycles. The Kier molecular flexibility index (Phi) is 3.43. The lowest BCUT2D eigenvalue weighted by molar-refractivity contribution is 0.423. The van der Waals surface area contributed by atoms with E-state index in [1.54, 1.807) is 12.1 Å². The molecule has 2 nitrogen and oxygen atoms in total. The van der Waals surface area contributed by atoms with Crippen molar-refractivity contribution in [2.45, 2.75) is 58.2 Å². The molecule has 1 rings (SSSR count). The van der Waals surface area contributed by atoms with Crippen LogP contribution >= 0.6 is 0 Å². The Balaban J connectivity index is 2.49. The van der Waals surface area contributed by atoms with Gasteiger partial charge in [0, 0.05) is 10.2 Å². The van der Waals surface area contributed by atoms with Gasteiger partial charge in [-0.2, -0.15) is 0 Å². The highest BCUT2D eigenvalue weighted by molar-refractivity contribution is 5.39. The molecule has 0 fully saturated rings. The minimum absolute atomic E-state index is 0.0653. The van der Waals surface area contributed by atoms with Crippen molar-refractivity contribution in [3.05, 3.63) is 23.8 Å². The summed E-state index contributed by atoms with van der Waals surface area (Å²) in [4.78, 5) is 0. The Morgan fingerprint density at radius 1 is 1.06 bits per heavy atom. The van der Waals surface area contributed by atoms with E-state index in [4.69, 9.17) is 4.11 Å². The zero-order valence-electron chi connectivity index (χ0n) is 13.7. The first-order valence-corrected chi connectivity index (χ1v) is 6.14. The minimum atomic E-state index is -1.83. The first-order chi connectivity index (χ1) is 9.10. The summed E-state index contributed by atoms with van der Waals surface area (Å²) < 4.78 is 21.4. The van der Waals surface area contributed by atoms with Crippen LogP contribution in [0.1, 0.15) is 62.5 Å². The molecule has 96 valence electrons. The SMILES string of the molecule is [2H]C([2H])([2H])CCCCCC(C)(C)c1cc(O)cc(O)c1. The van der Waals surface area contributed by atoms with Crippen molar-refractivity contribution in [1.29, 1.82) is 0 Å². The quantitative estimate of drug-likeness (QED) is 0.725. The molecule has 0 aliphatic carbocycles. The van der Waals surface area contributed by atoms with Crippen molar-refractivity contribution in [1.82, 2.24) is 0 Å². The van der Waals surface area contributed by atoms with E-state index in [1.165, 1.54) is 6.07 Å². The van der Waals surface area contributed by atoms with Crippen LogP contribution in [0.4, 0.5) is 0 Å². The highest BCUT2D eigenvalue weighted by Gasteiger charge is 2.21. The van der Waals surface area contributed by atoms with Gasteiger partial charge in [-0.25, -0.2) is 0 Å². The number of rotatable bonds is 6. The fourth-order valence-corrected chi connectivity index (χ4v) is 2.00. The molecular weight excluding hydrogens is 212 g/mol. The Hall–Kier alpha value is -1.18. The summed E-state index contributed by atoms with van der Waals surface area (Å²) in [6.45, 7) is 2.29. The number of aromatic hydroxyl groups is 2. The molecule has 0 unspecified atom stereocenters. The molecule has 0 aliphatic rings. The standard InChI is InChI=1S/C15H24O2/c1-4-5-6-7-8-15(2,3)12-9-13(16)11-14(17)10-12/h9-11,16-17H,4-8H2,1-3H3/i1D3. The molecule has 0 bridgehead atoms. The van der Waals surface area contributed by atoms with Gasteiger partial charge in [0.15, 0.2) is 0 Å². The zero-order chi connectivity index (χ0) is 15.4. The second-order valence-corrected chi connectivity index (χ2v) is 5.18. The molecule has 2 heteroatoms. The molecule has 17 heavy (non-hydrogen) atoms. The number of hydrogen-bond donors (Lipinski definition) is 2. The molecule has 2 N–H and O–H groups in total. The van der Waals surface area contributed by atoms with Gasteiger partial charge in [0.25, 0.3) is 0 Å². The Labute approximate surface area is 109 Å². The molecule has 0 aromatic heterocycles. The van der Waals surface area contributed by atoms with Crippen LogP contribution in [0.25, 0.3) is 0 Å². The van der Waals surface area contributed by atoms with Crippen molar-refractivity contribution in [2.24, 2.45) is 0 Å². The summed E-state index contributed by atoms with van der Waals surface area (Å²) in [5.41, 5.74) is 0.738. The van der Waals surface area contributed by atoms with Crippen LogP contribution < -0.4 is 0 Å². The summed E-state index contributed by atoms with van der Waals surface area (Å²) in [5.74, 6) is 0.131. The van der Waals surface area contributed by atoms with Gasteiger partial charge in [-0.05, 0) is 29.5 Å². The van der Waals surface area contributed by atoms with Crippen LogP contribution in [0.3, 0.4) is 0 Å². The van der Waals surface area contributed by atoms with Crippen LogP contribution in [0, 0.1) is 0 Å². The molecule has 0 saturated carbocycles. The predicted molar refractivity (Wildman–Crippen MR) is 71.6 cm³/mol. The third-order valence-electron chi connectivity index (χ3n) is 3.16. The van der Waals surface area contributed by atoms with Crippen LogP contribution in [0.2, 0.25) is 0 Å². The van der Waals surface area contributed by atoms with Crippen LogP contribution in [-0.2, 0) is 5.41 Å². The maximum Gasteiger partial charge on any atom is 0.119 e. The van der Waals surface area contributed by atoms with Gasteiger partial charge in [0.05, 0.1) is 0 Å². The molecule has 0 heterocycles. The van der Waals surface area contributed by atoms with E-state index in [9.17, 15) is 10.2 Å². The van der Waals surface area contributed by atoms with Crippen molar-refractivity contribution < 1.29 is 14.3 Å². The summed E-state index contributed by atoms with van der Waals surface area (Å²) in [5, 5.41) is 19.1. The lowest BCUT2D eigenvalue weighted by atomic mass is 9.80. The number of benzene rings is 1. The Morgan fingerprint density at radius 2 is 1.71 bits per heavy atom. The van der Waals surface area contributed by atoms with Crippen LogP contribution in [0.5, 0.6) is 11.5 Å². The van der Waals surface area contributed by atoms with E-state index in [0.29, 0.717) is 6.42 Å². The van der Waals surface area contributed by atoms with Crippen molar-refractivity contribution in [3.8, 4) is 11.5 Å². The first kappa shape index (κ1) is 9.81. The van der Waals surface area contributed by atoms with E-state index in [0.717, 1.165) is 24.8 Å². The highest BCUT2D eigenvalue weighted by Crippen LogP contribution is 2.33. The third-order valence-corrected chi connectivity index (χ3v) is 3.16. The summed E-state index contributed by atoms with van der Waals surface area (Å²) in [6, 6.07) is 4.65. The van der Waals surface area contributed by atoms with Gasteiger partial charge in [0.1, 0.15) is 11.5 Å². The normalized spacial score (nSPS) is 15.1. The predicted octanol–water partition coefficient (Wildman–Crippen LogP) is 4.35. The van der Waals surface area contributed by atoms with E-state index in [1.807, 2.05) is 0 Å². The zero-order valence-corrected chi connectivity index (χ0v) is 10.7. The van der Waals surface area contributed by atoms with Crippen molar-refractivity contribution in [3.63, 3.8) is 0 Å². The van der Waals surface area contributed by atoms with Crippen LogP contribution in [0.15, 0.2) is 18.2 Å². The lowest BCUT2D eigenvalue weighted by Gasteiger charge is -2.25. The second kappa shape index (κ2) is 5.95. The largest absolute Gasteiger partial charge is 0.508 e. The highest BCUT2D eigenvalue weighted by atomic mass is 16.3. The Morgan fingerprint density at radius 3 is 2.29 bits per heavy atom. The van der Waals surface area contributed by atoms with Gasteiger partial charge >= 0.3 is 0 Å². The minimum Gasteiger partial charge on any atom is -0.508 e. The molecule has 0 radical (unpaired) electrons. The van der Waals surface area contributed by atoms with E-state index < -0.39 is 6.85 Å². The summed E-state index contributed by atoms with van der Waals surface area (Å²) in [6.07, 6.45) is 3.67. The first-order valence-electron chi connectivity index (χ1n) is 7.64. The van der Waals surface area contributed by atoms with Gasteiger partial charge < -0.3 is 10.2 Å². The van der Waals surface area contributed by atoms with Crippen molar-refractivity contribution >= 4 is 0 Å². The molecule has 1 aromatic carbocycles. The summed E-state index contributed by atoms with van der Waals surface area (Å²) in [7, 11) is 0. The molecule has 1 aromatic rings. The smallest absolute Gasteiger partial charge is 0.119 e. The van der Waals surface area contributed by atoms with Crippen LogP contribution in [-0.4, -0.2) is 10.2 Å². The second-order valence-electron chi connectivity index (χ2n) is 5.18. The maximum absolute atomic E-state index is 9.53. The fraction of sp³-hybridized carbons (Fsp3) is 0.600. The molecule has 0 spiro atoms. The monoisotopic (exact) mass is 239 g/mol. The number of phenols is 2. The number of phenolic OH excluding ortho intramolecular Hbond substituents is 2. The lowest BCUT2D eigenvalue weighted by Crippen LogP contribution is -2.16. The van der Waals surface area contributed by atoms with E-state index in [2.05, 4.69) is 13.8 Å². The molecule has 0 atom stereocenters. The third kappa shape index (κ3) is 4.29. The average molecular weight is 239 g/mol. The van der Waals surface area contributed by atoms with Gasteiger partial charge in [-0.15, -0.1) is 0 Å². The van der Waals surface area contributed by atoms with E-state index >= 15 is 0 Å². The maximum atomic E-state index is 9.53. The van der Waals surface area contributed by atoms with Gasteiger partial charge in [-0.3, -0.25) is 0 Å².